The quantitative estimate of drug-likeness (QED) is 0.695. The zero-order valence-electron chi connectivity index (χ0n) is 15.1. The van der Waals surface area contributed by atoms with Crippen LogP contribution in [0.25, 0.3) is 5.69 Å². The minimum atomic E-state index is -1.01. The predicted octanol–water partition coefficient (Wildman–Crippen LogP) is 2.50. The highest BCUT2D eigenvalue weighted by Crippen LogP contribution is 2.14. The first kappa shape index (κ1) is 18.2. The van der Waals surface area contributed by atoms with Crippen molar-refractivity contribution in [2.45, 2.75) is 6.54 Å². The number of carbonyl (C=O) groups is 1. The molecule has 1 fully saturated rings. The number of amides is 1. The molecule has 0 bridgehead atoms. The van der Waals surface area contributed by atoms with Crippen LogP contribution >= 0.6 is 0 Å². The fraction of sp³-hybridized carbons (Fsp3) is 0.250. The van der Waals surface area contributed by atoms with Crippen LogP contribution in [0.2, 0.25) is 0 Å². The zero-order chi connectivity index (χ0) is 19.5. The molecule has 0 saturated carbocycles. The zero-order valence-corrected chi connectivity index (χ0v) is 15.1. The van der Waals surface area contributed by atoms with Crippen molar-refractivity contribution < 1.29 is 13.6 Å². The van der Waals surface area contributed by atoms with Crippen LogP contribution in [0.15, 0.2) is 54.7 Å². The maximum Gasteiger partial charge on any atom is 0.254 e. The van der Waals surface area contributed by atoms with E-state index >= 15 is 0 Å². The van der Waals surface area contributed by atoms with Crippen LogP contribution < -0.4 is 0 Å². The fourth-order valence-corrected chi connectivity index (χ4v) is 3.20. The molecule has 1 aromatic heterocycles. The Morgan fingerprint density at radius 3 is 2.43 bits per heavy atom. The highest BCUT2D eigenvalue weighted by Gasteiger charge is 2.23. The monoisotopic (exact) mass is 383 g/mol. The number of aromatic nitrogens is 3. The number of para-hydroxylation sites is 1. The Morgan fingerprint density at radius 1 is 0.964 bits per heavy atom. The molecular weight excluding hydrogens is 364 g/mol. The summed E-state index contributed by atoms with van der Waals surface area (Å²) < 4.78 is 26.4. The molecule has 1 saturated heterocycles. The van der Waals surface area contributed by atoms with Gasteiger partial charge in [-0.05, 0) is 30.3 Å². The standard InChI is InChI=1S/C20H19F2N5O/c21-18-7-6-15(12-19(18)22)20(28)26-10-8-25(9-11-26)14-16-13-23-27(24-16)17-4-2-1-3-5-17/h1-7,12-13H,8-11,14H2. The Balaban J connectivity index is 1.34. The summed E-state index contributed by atoms with van der Waals surface area (Å²) in [5, 5.41) is 8.80. The van der Waals surface area contributed by atoms with Crippen molar-refractivity contribution in [3.63, 3.8) is 0 Å². The largest absolute Gasteiger partial charge is 0.336 e. The second-order valence-corrected chi connectivity index (χ2v) is 6.66. The van der Waals surface area contributed by atoms with Crippen molar-refractivity contribution in [2.24, 2.45) is 0 Å². The van der Waals surface area contributed by atoms with Gasteiger partial charge in [0.15, 0.2) is 11.6 Å². The molecule has 1 aliphatic rings. The number of halogens is 2. The van der Waals surface area contributed by atoms with E-state index in [-0.39, 0.29) is 11.5 Å². The third-order valence-corrected chi connectivity index (χ3v) is 4.74. The normalized spacial score (nSPS) is 15.0. The summed E-state index contributed by atoms with van der Waals surface area (Å²) in [6, 6.07) is 12.9. The third kappa shape index (κ3) is 3.91. The van der Waals surface area contributed by atoms with Crippen LogP contribution in [-0.4, -0.2) is 56.9 Å². The van der Waals surface area contributed by atoms with Gasteiger partial charge in [-0.3, -0.25) is 9.69 Å². The average molecular weight is 383 g/mol. The molecule has 0 N–H and O–H groups in total. The Hall–Kier alpha value is -3.13. The lowest BCUT2D eigenvalue weighted by Gasteiger charge is -2.34. The first-order chi connectivity index (χ1) is 13.6. The van der Waals surface area contributed by atoms with E-state index in [4.69, 9.17) is 0 Å². The number of hydrogen-bond acceptors (Lipinski definition) is 4. The van der Waals surface area contributed by atoms with E-state index < -0.39 is 11.6 Å². The van der Waals surface area contributed by atoms with Gasteiger partial charge in [0.05, 0.1) is 17.6 Å². The third-order valence-electron chi connectivity index (χ3n) is 4.74. The molecule has 3 aromatic rings. The molecule has 1 amide bonds. The summed E-state index contributed by atoms with van der Waals surface area (Å²) in [6.45, 7) is 3.02. The van der Waals surface area contributed by atoms with Crippen molar-refractivity contribution in [3.05, 3.63) is 77.6 Å². The molecule has 6 nitrogen and oxygen atoms in total. The van der Waals surface area contributed by atoms with E-state index in [9.17, 15) is 13.6 Å². The van der Waals surface area contributed by atoms with Crippen molar-refractivity contribution in [3.8, 4) is 5.69 Å². The number of carbonyl (C=O) groups excluding carboxylic acids is 1. The Labute approximate surface area is 161 Å². The van der Waals surface area contributed by atoms with Crippen LogP contribution in [0.3, 0.4) is 0 Å². The van der Waals surface area contributed by atoms with Crippen LogP contribution in [0.4, 0.5) is 8.78 Å². The first-order valence-electron chi connectivity index (χ1n) is 9.03. The van der Waals surface area contributed by atoms with E-state index in [0.29, 0.717) is 32.7 Å². The molecule has 0 spiro atoms. The number of nitrogens with zero attached hydrogens (tertiary/aromatic N) is 5. The molecule has 2 aromatic carbocycles. The minimum Gasteiger partial charge on any atom is -0.336 e. The molecule has 0 atom stereocenters. The summed E-state index contributed by atoms with van der Waals surface area (Å²) in [7, 11) is 0. The van der Waals surface area contributed by atoms with Gasteiger partial charge in [0.1, 0.15) is 0 Å². The molecule has 4 rings (SSSR count). The smallest absolute Gasteiger partial charge is 0.254 e. The van der Waals surface area contributed by atoms with E-state index in [1.807, 2.05) is 30.3 Å². The Morgan fingerprint density at radius 2 is 1.71 bits per heavy atom. The van der Waals surface area contributed by atoms with Crippen molar-refractivity contribution in [1.29, 1.82) is 0 Å². The minimum absolute atomic E-state index is 0.165. The highest BCUT2D eigenvalue weighted by atomic mass is 19.2. The summed E-state index contributed by atoms with van der Waals surface area (Å²) in [5.74, 6) is -2.25. The van der Waals surface area contributed by atoms with E-state index in [1.54, 1.807) is 15.9 Å². The van der Waals surface area contributed by atoms with E-state index in [2.05, 4.69) is 15.1 Å². The molecule has 1 aliphatic heterocycles. The highest BCUT2D eigenvalue weighted by molar-refractivity contribution is 5.94. The average Bonchev–Trinajstić information content (AvgIpc) is 3.19. The Bertz CT molecular complexity index is 968. The molecule has 2 heterocycles. The number of rotatable bonds is 4. The SMILES string of the molecule is O=C(c1ccc(F)c(F)c1)N1CCN(Cc2cnn(-c3ccccc3)n2)CC1. The van der Waals surface area contributed by atoms with E-state index in [1.165, 1.54) is 6.07 Å². The molecule has 0 aliphatic carbocycles. The topological polar surface area (TPSA) is 54.3 Å². The van der Waals surface area contributed by atoms with Gasteiger partial charge in [-0.25, -0.2) is 8.78 Å². The predicted molar refractivity (Wildman–Crippen MR) is 98.9 cm³/mol. The van der Waals surface area contributed by atoms with Gasteiger partial charge in [0.25, 0.3) is 5.91 Å². The van der Waals surface area contributed by atoms with E-state index in [0.717, 1.165) is 23.5 Å². The van der Waals surface area contributed by atoms with Gasteiger partial charge in [-0.2, -0.15) is 15.0 Å². The van der Waals surface area contributed by atoms with Crippen LogP contribution in [0, 0.1) is 11.6 Å². The summed E-state index contributed by atoms with van der Waals surface area (Å²) >= 11 is 0. The molecule has 8 heteroatoms. The van der Waals surface area contributed by atoms with Crippen LogP contribution in [0.5, 0.6) is 0 Å². The van der Waals surface area contributed by atoms with Gasteiger partial charge in [-0.1, -0.05) is 18.2 Å². The lowest BCUT2D eigenvalue weighted by atomic mass is 10.1. The second-order valence-electron chi connectivity index (χ2n) is 6.66. The molecule has 0 unspecified atom stereocenters. The van der Waals surface area contributed by atoms with Crippen LogP contribution in [0.1, 0.15) is 16.1 Å². The number of piperazine rings is 1. The van der Waals surface area contributed by atoms with Crippen molar-refractivity contribution >= 4 is 5.91 Å². The molecule has 0 radical (unpaired) electrons. The maximum absolute atomic E-state index is 13.4. The van der Waals surface area contributed by atoms with Gasteiger partial charge >= 0.3 is 0 Å². The molecule has 144 valence electrons. The maximum atomic E-state index is 13.4. The van der Waals surface area contributed by atoms with Crippen molar-refractivity contribution in [2.75, 3.05) is 26.2 Å². The number of benzene rings is 2. The summed E-state index contributed by atoms with van der Waals surface area (Å²) in [6.07, 6.45) is 1.74. The summed E-state index contributed by atoms with van der Waals surface area (Å²) in [5.41, 5.74) is 1.91. The van der Waals surface area contributed by atoms with Gasteiger partial charge in [0, 0.05) is 38.3 Å². The number of hydrogen-bond donors (Lipinski definition) is 0. The fourth-order valence-electron chi connectivity index (χ4n) is 3.20. The first-order valence-corrected chi connectivity index (χ1v) is 9.03. The second kappa shape index (κ2) is 7.85. The summed E-state index contributed by atoms with van der Waals surface area (Å²) in [4.78, 5) is 17.9. The lowest BCUT2D eigenvalue weighted by Crippen LogP contribution is -2.48. The molecule has 28 heavy (non-hydrogen) atoms. The molecular formula is C20H19F2N5O. The van der Waals surface area contributed by atoms with Crippen molar-refractivity contribution in [1.82, 2.24) is 24.8 Å². The van der Waals surface area contributed by atoms with Gasteiger partial charge in [-0.15, -0.1) is 0 Å². The van der Waals surface area contributed by atoms with Crippen LogP contribution in [-0.2, 0) is 6.54 Å². The lowest BCUT2D eigenvalue weighted by molar-refractivity contribution is 0.0626. The van der Waals surface area contributed by atoms with Gasteiger partial charge in [0.2, 0.25) is 0 Å². The Kier molecular flexibility index (Phi) is 5.12. The van der Waals surface area contributed by atoms with Gasteiger partial charge < -0.3 is 4.90 Å².